The zero-order valence-electron chi connectivity index (χ0n) is 18.1. The number of thiazole rings is 1. The second-order valence-corrected chi connectivity index (χ2v) is 8.97. The second kappa shape index (κ2) is 9.43. The van der Waals surface area contributed by atoms with E-state index in [1.807, 2.05) is 36.4 Å². The molecule has 0 saturated carbocycles. The van der Waals surface area contributed by atoms with Crippen molar-refractivity contribution in [2.45, 2.75) is 45.4 Å². The van der Waals surface area contributed by atoms with E-state index in [2.05, 4.69) is 30.2 Å². The molecule has 31 heavy (non-hydrogen) atoms. The SMILES string of the molecule is COC(=O)c1cc(-c2ccccc2)cnc1Nc1nc(C(C)C)c(C2=CCCCC2)s1. The van der Waals surface area contributed by atoms with E-state index >= 15 is 0 Å². The van der Waals surface area contributed by atoms with Crippen molar-refractivity contribution in [2.24, 2.45) is 0 Å². The largest absolute Gasteiger partial charge is 0.465 e. The number of anilines is 2. The Kier molecular flexibility index (Phi) is 6.47. The van der Waals surface area contributed by atoms with Crippen LogP contribution in [-0.2, 0) is 4.74 Å². The summed E-state index contributed by atoms with van der Waals surface area (Å²) in [7, 11) is 1.38. The lowest BCUT2D eigenvalue weighted by Crippen LogP contribution is -2.08. The molecule has 1 aliphatic rings. The predicted octanol–water partition coefficient (Wildman–Crippen LogP) is 6.82. The topological polar surface area (TPSA) is 64.1 Å². The van der Waals surface area contributed by atoms with Crippen LogP contribution >= 0.6 is 11.3 Å². The van der Waals surface area contributed by atoms with E-state index in [4.69, 9.17) is 9.72 Å². The van der Waals surface area contributed by atoms with Gasteiger partial charge < -0.3 is 10.1 Å². The van der Waals surface area contributed by atoms with Crippen LogP contribution in [0.25, 0.3) is 16.7 Å². The van der Waals surface area contributed by atoms with Gasteiger partial charge in [-0.3, -0.25) is 0 Å². The minimum Gasteiger partial charge on any atom is -0.465 e. The summed E-state index contributed by atoms with van der Waals surface area (Å²) in [6.07, 6.45) is 8.82. The van der Waals surface area contributed by atoms with Crippen LogP contribution in [0.4, 0.5) is 10.9 Å². The number of carbonyl (C=O) groups is 1. The first-order chi connectivity index (χ1) is 15.1. The lowest BCUT2D eigenvalue weighted by Gasteiger charge is -2.13. The fraction of sp³-hybridized carbons (Fsp3) is 0.320. The molecule has 0 aliphatic heterocycles. The average molecular weight is 434 g/mol. The van der Waals surface area contributed by atoms with Gasteiger partial charge in [0.1, 0.15) is 11.4 Å². The first-order valence-electron chi connectivity index (χ1n) is 10.7. The third-order valence-corrected chi connectivity index (χ3v) is 6.47. The number of nitrogens with one attached hydrogen (secondary N) is 1. The molecule has 0 amide bonds. The van der Waals surface area contributed by atoms with Crippen LogP contribution in [0.3, 0.4) is 0 Å². The number of carbonyl (C=O) groups excluding carboxylic acids is 1. The molecular formula is C25H27N3O2S. The molecule has 2 heterocycles. The Morgan fingerprint density at radius 2 is 1.97 bits per heavy atom. The van der Waals surface area contributed by atoms with Crippen molar-refractivity contribution in [2.75, 3.05) is 12.4 Å². The molecule has 4 rings (SSSR count). The number of nitrogens with zero attached hydrogens (tertiary/aromatic N) is 2. The van der Waals surface area contributed by atoms with Crippen LogP contribution in [0.15, 0.2) is 48.7 Å². The predicted molar refractivity (Wildman–Crippen MR) is 127 cm³/mol. The first-order valence-corrected chi connectivity index (χ1v) is 11.5. The Hall–Kier alpha value is -2.99. The lowest BCUT2D eigenvalue weighted by molar-refractivity contribution is 0.0601. The third-order valence-electron chi connectivity index (χ3n) is 5.41. The standard InChI is InChI=1S/C25H27N3O2S/c1-16(2)21-22(18-12-8-5-9-13-18)31-25(27-21)28-23-20(24(29)30-3)14-19(15-26-23)17-10-6-4-7-11-17/h4,6-7,10-12,14-16H,5,8-9,13H2,1-3H3,(H,26,27,28). The smallest absolute Gasteiger partial charge is 0.341 e. The molecule has 0 radical (unpaired) electrons. The van der Waals surface area contributed by atoms with Gasteiger partial charge in [-0.25, -0.2) is 14.8 Å². The molecule has 1 N–H and O–H groups in total. The number of hydrogen-bond acceptors (Lipinski definition) is 6. The number of aromatic nitrogens is 2. The van der Waals surface area contributed by atoms with E-state index in [1.165, 1.54) is 30.4 Å². The number of esters is 1. The molecule has 0 fully saturated rings. The number of benzene rings is 1. The lowest BCUT2D eigenvalue weighted by atomic mass is 9.95. The number of methoxy groups -OCH3 is 1. The Balaban J connectivity index is 1.70. The minimum atomic E-state index is -0.427. The molecule has 1 aliphatic carbocycles. The molecule has 6 heteroatoms. The van der Waals surface area contributed by atoms with Crippen molar-refractivity contribution >= 4 is 33.8 Å². The summed E-state index contributed by atoms with van der Waals surface area (Å²) in [4.78, 5) is 23.2. The van der Waals surface area contributed by atoms with E-state index < -0.39 is 5.97 Å². The number of allylic oxidation sites excluding steroid dienone is 2. The first kappa shape index (κ1) is 21.2. The fourth-order valence-electron chi connectivity index (χ4n) is 3.77. The molecule has 5 nitrogen and oxygen atoms in total. The third kappa shape index (κ3) is 4.69. The average Bonchev–Trinajstić information content (AvgIpc) is 3.24. The van der Waals surface area contributed by atoms with Crippen molar-refractivity contribution in [3.05, 3.63) is 64.8 Å². The molecule has 0 spiro atoms. The zero-order chi connectivity index (χ0) is 21.8. The summed E-state index contributed by atoms with van der Waals surface area (Å²) in [5.74, 6) is 0.349. The number of ether oxygens (including phenoxy) is 1. The highest BCUT2D eigenvalue weighted by molar-refractivity contribution is 7.16. The van der Waals surface area contributed by atoms with Gasteiger partial charge in [0.25, 0.3) is 0 Å². The summed E-state index contributed by atoms with van der Waals surface area (Å²) in [6, 6.07) is 11.7. The monoisotopic (exact) mass is 433 g/mol. The fourth-order valence-corrected chi connectivity index (χ4v) is 4.96. The Morgan fingerprint density at radius 3 is 2.65 bits per heavy atom. The summed E-state index contributed by atoms with van der Waals surface area (Å²) in [5, 5.41) is 4.04. The van der Waals surface area contributed by atoms with Gasteiger partial charge in [0, 0.05) is 11.8 Å². The summed E-state index contributed by atoms with van der Waals surface area (Å²) < 4.78 is 5.02. The Bertz CT molecular complexity index is 1100. The van der Waals surface area contributed by atoms with E-state index in [0.717, 1.165) is 34.8 Å². The number of rotatable bonds is 6. The van der Waals surface area contributed by atoms with Crippen LogP contribution in [0.2, 0.25) is 0 Å². The van der Waals surface area contributed by atoms with Gasteiger partial charge in [0.15, 0.2) is 5.13 Å². The summed E-state index contributed by atoms with van der Waals surface area (Å²) in [6.45, 7) is 4.33. The normalized spacial score (nSPS) is 13.7. The highest BCUT2D eigenvalue weighted by Crippen LogP contribution is 2.39. The maximum atomic E-state index is 12.5. The molecule has 160 valence electrons. The van der Waals surface area contributed by atoms with Crippen LogP contribution in [0, 0.1) is 0 Å². The number of hydrogen-bond donors (Lipinski definition) is 1. The van der Waals surface area contributed by atoms with Gasteiger partial charge in [0.05, 0.1) is 17.7 Å². The van der Waals surface area contributed by atoms with Crippen molar-refractivity contribution < 1.29 is 9.53 Å². The van der Waals surface area contributed by atoms with E-state index in [9.17, 15) is 4.79 Å². The molecule has 3 aromatic rings. The van der Waals surface area contributed by atoms with Gasteiger partial charge in [-0.2, -0.15) is 0 Å². The Morgan fingerprint density at radius 1 is 1.16 bits per heavy atom. The zero-order valence-corrected chi connectivity index (χ0v) is 19.0. The molecule has 0 atom stereocenters. The van der Waals surface area contributed by atoms with Crippen LogP contribution in [0.1, 0.15) is 66.4 Å². The maximum absolute atomic E-state index is 12.5. The van der Waals surface area contributed by atoms with Gasteiger partial charge in [0.2, 0.25) is 0 Å². The van der Waals surface area contributed by atoms with Crippen LogP contribution < -0.4 is 5.32 Å². The van der Waals surface area contributed by atoms with Crippen molar-refractivity contribution in [3.63, 3.8) is 0 Å². The van der Waals surface area contributed by atoms with E-state index in [-0.39, 0.29) is 0 Å². The van der Waals surface area contributed by atoms with Crippen LogP contribution in [0.5, 0.6) is 0 Å². The minimum absolute atomic E-state index is 0.318. The molecule has 0 saturated heterocycles. The van der Waals surface area contributed by atoms with Gasteiger partial charge in [-0.1, -0.05) is 61.6 Å². The molecule has 1 aromatic carbocycles. The summed E-state index contributed by atoms with van der Waals surface area (Å²) >= 11 is 1.64. The van der Waals surface area contributed by atoms with Crippen molar-refractivity contribution in [1.29, 1.82) is 0 Å². The van der Waals surface area contributed by atoms with Crippen molar-refractivity contribution in [1.82, 2.24) is 9.97 Å². The van der Waals surface area contributed by atoms with Gasteiger partial charge >= 0.3 is 5.97 Å². The molecular weight excluding hydrogens is 406 g/mol. The highest BCUT2D eigenvalue weighted by Gasteiger charge is 2.21. The molecule has 0 bridgehead atoms. The Labute approximate surface area is 187 Å². The maximum Gasteiger partial charge on any atom is 0.341 e. The highest BCUT2D eigenvalue weighted by atomic mass is 32.1. The number of pyridine rings is 1. The van der Waals surface area contributed by atoms with E-state index in [0.29, 0.717) is 17.3 Å². The molecule has 2 aromatic heterocycles. The summed E-state index contributed by atoms with van der Waals surface area (Å²) in [5.41, 5.74) is 4.74. The quantitative estimate of drug-likeness (QED) is 0.432. The second-order valence-electron chi connectivity index (χ2n) is 7.97. The van der Waals surface area contributed by atoms with E-state index in [1.54, 1.807) is 17.5 Å². The van der Waals surface area contributed by atoms with Crippen LogP contribution in [-0.4, -0.2) is 23.0 Å². The van der Waals surface area contributed by atoms with Gasteiger partial charge in [-0.15, -0.1) is 0 Å². The molecule has 0 unspecified atom stereocenters. The van der Waals surface area contributed by atoms with Crippen molar-refractivity contribution in [3.8, 4) is 11.1 Å². The van der Waals surface area contributed by atoms with Gasteiger partial charge in [-0.05, 0) is 48.8 Å².